The number of rotatable bonds is 6. The molecule has 3 heterocycles. The monoisotopic (exact) mass is 480 g/mol. The van der Waals surface area contributed by atoms with Gasteiger partial charge in [0.15, 0.2) is 0 Å². The zero-order valence-electron chi connectivity index (χ0n) is 20.1. The SMILES string of the molecule is CCCC[C@H]1Cc2ccc(F)cc2[C@H]2[C@H]3C(=O)N(c4ccc(OC)cc4)C(=O)[C@H]3[C@H](C(=O)OC)N12. The topological polar surface area (TPSA) is 76.1 Å². The van der Waals surface area contributed by atoms with Crippen molar-refractivity contribution in [1.82, 2.24) is 4.90 Å². The summed E-state index contributed by atoms with van der Waals surface area (Å²) in [4.78, 5) is 44.0. The van der Waals surface area contributed by atoms with E-state index in [2.05, 4.69) is 6.92 Å². The number of carbonyl (C=O) groups is 3. The van der Waals surface area contributed by atoms with Crippen LogP contribution in [0.2, 0.25) is 0 Å². The molecule has 0 spiro atoms. The second-order valence-electron chi connectivity index (χ2n) is 9.46. The van der Waals surface area contributed by atoms with E-state index in [1.54, 1.807) is 30.3 Å². The van der Waals surface area contributed by atoms with Crippen molar-refractivity contribution in [3.05, 3.63) is 59.4 Å². The Kier molecular flexibility index (Phi) is 6.09. The normalized spacial score (nSPS) is 27.4. The number of hydrogen-bond donors (Lipinski definition) is 0. The van der Waals surface area contributed by atoms with Gasteiger partial charge >= 0.3 is 5.97 Å². The Hall–Kier alpha value is -3.26. The van der Waals surface area contributed by atoms with Crippen LogP contribution in [0.15, 0.2) is 42.5 Å². The Bertz CT molecular complexity index is 1170. The van der Waals surface area contributed by atoms with Gasteiger partial charge in [-0.25, -0.2) is 9.29 Å². The number of imide groups is 1. The molecule has 0 N–H and O–H groups in total. The number of halogens is 1. The molecule has 0 bridgehead atoms. The molecule has 0 saturated carbocycles. The zero-order chi connectivity index (χ0) is 24.9. The summed E-state index contributed by atoms with van der Waals surface area (Å²) in [6, 6.07) is 9.78. The molecule has 2 aromatic rings. The van der Waals surface area contributed by atoms with E-state index < -0.39 is 41.6 Å². The molecular formula is C27H29FN2O5. The van der Waals surface area contributed by atoms with Crippen LogP contribution < -0.4 is 9.64 Å². The lowest BCUT2D eigenvalue weighted by Gasteiger charge is -2.43. The highest BCUT2D eigenvalue weighted by molar-refractivity contribution is 6.23. The molecular weight excluding hydrogens is 451 g/mol. The van der Waals surface area contributed by atoms with E-state index >= 15 is 0 Å². The van der Waals surface area contributed by atoms with Crippen molar-refractivity contribution in [2.75, 3.05) is 19.1 Å². The van der Waals surface area contributed by atoms with Crippen molar-refractivity contribution in [2.45, 2.75) is 50.7 Å². The van der Waals surface area contributed by atoms with Crippen LogP contribution in [0.3, 0.4) is 0 Å². The molecule has 3 aliphatic heterocycles. The van der Waals surface area contributed by atoms with Crippen LogP contribution in [0.4, 0.5) is 10.1 Å². The van der Waals surface area contributed by atoms with E-state index in [1.807, 2.05) is 4.90 Å². The maximum Gasteiger partial charge on any atom is 0.323 e. The largest absolute Gasteiger partial charge is 0.497 e. The average molecular weight is 481 g/mol. The first-order valence-corrected chi connectivity index (χ1v) is 12.1. The van der Waals surface area contributed by atoms with Gasteiger partial charge in [-0.05, 0) is 60.4 Å². The second-order valence-corrected chi connectivity index (χ2v) is 9.46. The van der Waals surface area contributed by atoms with E-state index in [0.717, 1.165) is 29.7 Å². The van der Waals surface area contributed by atoms with Crippen LogP contribution >= 0.6 is 0 Å². The molecule has 2 aromatic carbocycles. The van der Waals surface area contributed by atoms with Crippen LogP contribution in [0, 0.1) is 17.7 Å². The van der Waals surface area contributed by atoms with Gasteiger partial charge in [0, 0.05) is 12.1 Å². The fourth-order valence-corrected chi connectivity index (χ4v) is 6.18. The van der Waals surface area contributed by atoms with Crippen molar-refractivity contribution < 1.29 is 28.2 Å². The lowest BCUT2D eigenvalue weighted by atomic mass is 9.81. The van der Waals surface area contributed by atoms with Gasteiger partial charge in [0.1, 0.15) is 17.6 Å². The summed E-state index contributed by atoms with van der Waals surface area (Å²) in [6.45, 7) is 2.10. The number of amides is 2. The Morgan fingerprint density at radius 2 is 1.77 bits per heavy atom. The van der Waals surface area contributed by atoms with Crippen LogP contribution in [-0.2, 0) is 25.5 Å². The van der Waals surface area contributed by atoms with E-state index in [0.29, 0.717) is 23.4 Å². The third-order valence-electron chi connectivity index (χ3n) is 7.69. The molecule has 7 nitrogen and oxygen atoms in total. The van der Waals surface area contributed by atoms with E-state index in [-0.39, 0.29) is 11.9 Å². The molecule has 184 valence electrons. The van der Waals surface area contributed by atoms with Gasteiger partial charge in [-0.15, -0.1) is 0 Å². The van der Waals surface area contributed by atoms with Crippen molar-refractivity contribution in [2.24, 2.45) is 11.8 Å². The minimum atomic E-state index is -0.909. The summed E-state index contributed by atoms with van der Waals surface area (Å²) in [5.41, 5.74) is 2.06. The number of benzene rings is 2. The van der Waals surface area contributed by atoms with Gasteiger partial charge in [-0.3, -0.25) is 19.3 Å². The fraction of sp³-hybridized carbons (Fsp3) is 0.444. The van der Waals surface area contributed by atoms with Crippen molar-refractivity contribution in [3.63, 3.8) is 0 Å². The predicted octanol–water partition coefficient (Wildman–Crippen LogP) is 3.65. The highest BCUT2D eigenvalue weighted by Gasteiger charge is 2.67. The summed E-state index contributed by atoms with van der Waals surface area (Å²) in [7, 11) is 2.83. The van der Waals surface area contributed by atoms with Gasteiger partial charge in [-0.1, -0.05) is 25.8 Å². The lowest BCUT2D eigenvalue weighted by Crippen LogP contribution is -2.52. The van der Waals surface area contributed by atoms with Crippen LogP contribution in [0.5, 0.6) is 5.75 Å². The predicted molar refractivity (Wildman–Crippen MR) is 126 cm³/mol. The Morgan fingerprint density at radius 3 is 2.43 bits per heavy atom. The van der Waals surface area contributed by atoms with Gasteiger partial charge < -0.3 is 9.47 Å². The molecule has 2 saturated heterocycles. The third-order valence-corrected chi connectivity index (χ3v) is 7.69. The molecule has 35 heavy (non-hydrogen) atoms. The maximum absolute atomic E-state index is 14.4. The van der Waals surface area contributed by atoms with Crippen molar-refractivity contribution in [3.8, 4) is 5.75 Å². The molecule has 0 aromatic heterocycles. The van der Waals surface area contributed by atoms with Gasteiger partial charge in [-0.2, -0.15) is 0 Å². The maximum atomic E-state index is 14.4. The van der Waals surface area contributed by atoms with Gasteiger partial charge in [0.25, 0.3) is 0 Å². The number of methoxy groups -OCH3 is 2. The molecule has 5 rings (SSSR count). The smallest absolute Gasteiger partial charge is 0.323 e. The van der Waals surface area contributed by atoms with E-state index in [4.69, 9.17) is 9.47 Å². The summed E-state index contributed by atoms with van der Waals surface area (Å²) >= 11 is 0. The highest BCUT2D eigenvalue weighted by atomic mass is 19.1. The van der Waals surface area contributed by atoms with E-state index in [1.165, 1.54) is 26.4 Å². The number of hydrogen-bond acceptors (Lipinski definition) is 6. The highest BCUT2D eigenvalue weighted by Crippen LogP contribution is 2.55. The number of nitrogens with zero attached hydrogens (tertiary/aromatic N) is 2. The summed E-state index contributed by atoms with van der Waals surface area (Å²) in [6.07, 6.45) is 3.35. The minimum absolute atomic E-state index is 0.0531. The fourth-order valence-electron chi connectivity index (χ4n) is 6.18. The van der Waals surface area contributed by atoms with Gasteiger partial charge in [0.05, 0.1) is 31.7 Å². The molecule has 3 aliphatic rings. The first-order valence-electron chi connectivity index (χ1n) is 12.1. The van der Waals surface area contributed by atoms with Gasteiger partial charge in [0.2, 0.25) is 11.8 Å². The summed E-state index contributed by atoms with van der Waals surface area (Å²) in [5.74, 6) is -2.86. The number of esters is 1. The quantitative estimate of drug-likeness (QED) is 0.464. The average Bonchev–Trinajstić information content (AvgIpc) is 3.35. The number of unbranched alkanes of at least 4 members (excludes halogenated alkanes) is 1. The Balaban J connectivity index is 1.64. The van der Waals surface area contributed by atoms with Crippen LogP contribution in [0.25, 0.3) is 0 Å². The minimum Gasteiger partial charge on any atom is -0.497 e. The standard InChI is InChI=1S/C27H29FN2O5/c1-4-5-6-18-13-15-7-8-16(28)14-20(15)23-21-22(24(29(18)23)27(33)35-3)26(32)30(25(21)31)17-9-11-19(34-2)12-10-17/h7-12,14,18,21-24H,4-6,13H2,1-3H3/t18-,21-,22+,23-,24+/m0/s1. The van der Waals surface area contributed by atoms with E-state index in [9.17, 15) is 18.8 Å². The van der Waals surface area contributed by atoms with Crippen LogP contribution in [-0.4, -0.2) is 49.0 Å². The molecule has 2 amide bonds. The van der Waals surface area contributed by atoms with Crippen LogP contribution in [0.1, 0.15) is 43.4 Å². The molecule has 5 atom stereocenters. The Labute approximate surface area is 203 Å². The molecule has 8 heteroatoms. The molecule has 0 aliphatic carbocycles. The summed E-state index contributed by atoms with van der Waals surface area (Å²) < 4.78 is 24.8. The number of anilines is 1. The van der Waals surface area contributed by atoms with Crippen molar-refractivity contribution >= 4 is 23.5 Å². The molecule has 0 radical (unpaired) electrons. The summed E-state index contributed by atoms with van der Waals surface area (Å²) in [5, 5.41) is 0. The Morgan fingerprint density at radius 1 is 1.06 bits per heavy atom. The number of ether oxygens (including phenoxy) is 2. The first-order chi connectivity index (χ1) is 16.9. The molecule has 2 fully saturated rings. The number of fused-ring (bicyclic) bond motifs is 5. The second kappa shape index (κ2) is 9.07. The van der Waals surface area contributed by atoms with Crippen molar-refractivity contribution in [1.29, 1.82) is 0 Å². The lowest BCUT2D eigenvalue weighted by molar-refractivity contribution is -0.151. The zero-order valence-corrected chi connectivity index (χ0v) is 20.1. The first kappa shape index (κ1) is 23.5. The molecule has 0 unspecified atom stereocenters. The third kappa shape index (κ3) is 3.62. The number of carbonyl (C=O) groups excluding carboxylic acids is 3.